The average molecular weight is 1840 g/mol. The molecule has 1 heterocycles. The highest BCUT2D eigenvalue weighted by Gasteiger charge is 2.24. The Morgan fingerprint density at radius 2 is 0.323 bits per heavy atom. The third-order valence-corrected chi connectivity index (χ3v) is 28.1. The maximum atomic E-state index is 14.1. The standard InChI is InChI=1S/C116H222N2O12/c1-9-17-25-33-41-49-57-81-105(82-58-50-42-34-26-18-10-2)125-111(119)93-69-65-89-109(90-66-70-94-112(120)126-106(83-59-51-43-35-27-19-11-3)84-60-52-44-36-28-20-12-4)129-115(123)97-73-75-99-117(101-77-78-102-118-103-79-80-104-118)100-76-74-98-116(124)130-110(91-67-71-95-113(121)127-107(85-61-53-45-37-29-21-13-5)86-62-54-46-38-30-22-14-6)92-68-72-96-114(122)128-108(87-63-55-47-39-31-23-15-7)88-64-56-48-40-32-24-16-8/h105-110H,9-104H2,1-8H3. The molecule has 0 spiro atoms. The van der Waals surface area contributed by atoms with Crippen LogP contribution in [-0.4, -0.2) is 122 Å². The van der Waals surface area contributed by atoms with E-state index in [9.17, 15) is 28.8 Å². The van der Waals surface area contributed by atoms with E-state index in [-0.39, 0.29) is 72.4 Å². The van der Waals surface area contributed by atoms with E-state index >= 15 is 0 Å². The lowest BCUT2D eigenvalue weighted by Gasteiger charge is -2.23. The summed E-state index contributed by atoms with van der Waals surface area (Å²) in [6.45, 7) is 24.4. The molecule has 14 heteroatoms. The van der Waals surface area contributed by atoms with Gasteiger partial charge in [0, 0.05) is 38.5 Å². The molecule has 0 atom stereocenters. The summed E-state index contributed by atoms with van der Waals surface area (Å²) in [6, 6.07) is 0. The zero-order valence-electron chi connectivity index (χ0n) is 88.1. The van der Waals surface area contributed by atoms with Gasteiger partial charge in [-0.1, -0.05) is 364 Å². The summed E-state index contributed by atoms with van der Waals surface area (Å²) in [5.41, 5.74) is 0. The summed E-state index contributed by atoms with van der Waals surface area (Å²) in [4.78, 5) is 87.9. The highest BCUT2D eigenvalue weighted by molar-refractivity contribution is 5.71. The predicted octanol–water partition coefficient (Wildman–Crippen LogP) is 35.3. The monoisotopic (exact) mass is 1840 g/mol. The van der Waals surface area contributed by atoms with Gasteiger partial charge in [-0.3, -0.25) is 28.8 Å². The molecule has 0 saturated carbocycles. The number of ether oxygens (including phenoxy) is 6. The molecule has 0 aromatic rings. The Bertz CT molecular complexity index is 2070. The van der Waals surface area contributed by atoms with E-state index in [2.05, 4.69) is 65.2 Å². The Labute approximate surface area is 807 Å². The lowest BCUT2D eigenvalue weighted by Crippen LogP contribution is -2.29. The first-order chi connectivity index (χ1) is 63.8. The Morgan fingerprint density at radius 3 is 0.492 bits per heavy atom. The molecule has 768 valence electrons. The number of hydrogen-bond donors (Lipinski definition) is 0. The molecule has 1 fully saturated rings. The van der Waals surface area contributed by atoms with E-state index in [1.165, 1.54) is 334 Å². The number of hydrogen-bond acceptors (Lipinski definition) is 14. The first-order valence-electron chi connectivity index (χ1n) is 58.4. The number of carbonyl (C=O) groups is 6. The van der Waals surface area contributed by atoms with E-state index in [1.807, 2.05) is 0 Å². The Morgan fingerprint density at radius 1 is 0.185 bits per heavy atom. The summed E-state index contributed by atoms with van der Waals surface area (Å²) in [6.07, 6.45) is 95.4. The summed E-state index contributed by atoms with van der Waals surface area (Å²) >= 11 is 0. The number of unbranched alkanes of at least 4 members (excludes halogenated alkanes) is 55. The van der Waals surface area contributed by atoms with Crippen LogP contribution in [0.25, 0.3) is 0 Å². The van der Waals surface area contributed by atoms with E-state index in [0.29, 0.717) is 89.9 Å². The van der Waals surface area contributed by atoms with Gasteiger partial charge in [0.2, 0.25) is 0 Å². The van der Waals surface area contributed by atoms with Gasteiger partial charge in [-0.05, 0) is 270 Å². The van der Waals surface area contributed by atoms with Crippen LogP contribution in [0.2, 0.25) is 0 Å². The molecule has 14 nitrogen and oxygen atoms in total. The number of likely N-dealkylation sites (tertiary alicyclic amines) is 1. The van der Waals surface area contributed by atoms with Crippen LogP contribution >= 0.6 is 0 Å². The van der Waals surface area contributed by atoms with Gasteiger partial charge in [-0.15, -0.1) is 0 Å². The van der Waals surface area contributed by atoms with Gasteiger partial charge in [0.1, 0.15) is 36.6 Å². The van der Waals surface area contributed by atoms with Crippen LogP contribution in [0.4, 0.5) is 0 Å². The molecule has 0 radical (unpaired) electrons. The van der Waals surface area contributed by atoms with E-state index in [1.54, 1.807) is 0 Å². The lowest BCUT2D eigenvalue weighted by molar-refractivity contribution is -0.152. The fraction of sp³-hybridized carbons (Fsp3) is 0.948. The second kappa shape index (κ2) is 98.8. The molecule has 0 amide bonds. The van der Waals surface area contributed by atoms with Crippen LogP contribution in [-0.2, 0) is 57.2 Å². The van der Waals surface area contributed by atoms with Gasteiger partial charge in [0.05, 0.1) is 0 Å². The summed E-state index contributed by atoms with van der Waals surface area (Å²) in [5.74, 6) is -0.718. The lowest BCUT2D eigenvalue weighted by atomic mass is 10.0. The molecule has 1 aliphatic rings. The molecule has 1 aliphatic heterocycles. The van der Waals surface area contributed by atoms with Gasteiger partial charge in [0.25, 0.3) is 0 Å². The molecule has 0 unspecified atom stereocenters. The van der Waals surface area contributed by atoms with Gasteiger partial charge in [-0.25, -0.2) is 0 Å². The molecule has 0 aromatic heterocycles. The van der Waals surface area contributed by atoms with E-state index in [4.69, 9.17) is 28.4 Å². The number of carbonyl (C=O) groups excluding carboxylic acids is 6. The third kappa shape index (κ3) is 86.3. The second-order valence-corrected chi connectivity index (χ2v) is 40.9. The highest BCUT2D eigenvalue weighted by Crippen LogP contribution is 2.28. The second-order valence-electron chi connectivity index (χ2n) is 40.9. The maximum Gasteiger partial charge on any atom is 0.306 e. The maximum absolute atomic E-state index is 14.1. The third-order valence-electron chi connectivity index (χ3n) is 28.1. The van der Waals surface area contributed by atoms with Gasteiger partial charge in [0.15, 0.2) is 0 Å². The molecular formula is C116H222N2O12. The first-order valence-corrected chi connectivity index (χ1v) is 58.4. The zero-order chi connectivity index (χ0) is 94.2. The van der Waals surface area contributed by atoms with Crippen molar-refractivity contribution in [1.29, 1.82) is 0 Å². The van der Waals surface area contributed by atoms with Crippen LogP contribution in [0.5, 0.6) is 0 Å². The molecule has 0 N–H and O–H groups in total. The minimum Gasteiger partial charge on any atom is -0.462 e. The molecule has 0 bridgehead atoms. The van der Waals surface area contributed by atoms with E-state index < -0.39 is 0 Å². The predicted molar refractivity (Wildman–Crippen MR) is 553 cm³/mol. The van der Waals surface area contributed by atoms with Crippen LogP contribution in [0.3, 0.4) is 0 Å². The Hall–Kier alpha value is -3.26. The van der Waals surface area contributed by atoms with Gasteiger partial charge in [-0.2, -0.15) is 0 Å². The van der Waals surface area contributed by atoms with Crippen molar-refractivity contribution < 1.29 is 57.2 Å². The fourth-order valence-electron chi connectivity index (χ4n) is 19.5. The van der Waals surface area contributed by atoms with Gasteiger partial charge >= 0.3 is 35.8 Å². The topological polar surface area (TPSA) is 164 Å². The minimum absolute atomic E-state index is 0.0159. The van der Waals surface area contributed by atoms with Crippen molar-refractivity contribution in [2.45, 2.75) is 670 Å². The summed E-state index contributed by atoms with van der Waals surface area (Å²) in [7, 11) is 0. The summed E-state index contributed by atoms with van der Waals surface area (Å²) in [5, 5.41) is 0. The fourth-order valence-corrected chi connectivity index (χ4v) is 19.5. The highest BCUT2D eigenvalue weighted by atomic mass is 16.6. The van der Waals surface area contributed by atoms with Crippen LogP contribution in [0, 0.1) is 0 Å². The van der Waals surface area contributed by atoms with Crippen LogP contribution < -0.4 is 0 Å². The average Bonchev–Trinajstić information content (AvgIpc) is 1.54. The van der Waals surface area contributed by atoms with Crippen molar-refractivity contribution >= 4 is 35.8 Å². The molecule has 0 aromatic carbocycles. The SMILES string of the molecule is CCCCCCCCCC(CCCCCCCCC)OC(=O)CCCCC(CCCCC(=O)OC(CCCCCCCCC)CCCCCCCCC)OC(=O)CCCCN(CCCCC(=O)OC(CCCCC(=O)OC(CCCCCCCCC)CCCCCCCCC)CCCCC(=O)OC(CCCCCCCCC)CCCCCCCCC)CCCCN1CCCC1. The quantitative estimate of drug-likeness (QED) is 0.0321. The first kappa shape index (κ1) is 125. The Kier molecular flexibility index (Phi) is 94.8. The molecular weight excluding hydrogens is 1610 g/mol. The molecule has 1 rings (SSSR count). The van der Waals surface area contributed by atoms with Crippen LogP contribution in [0.15, 0.2) is 0 Å². The zero-order valence-corrected chi connectivity index (χ0v) is 88.1. The van der Waals surface area contributed by atoms with Crippen LogP contribution in [0.1, 0.15) is 633 Å². The molecule has 0 aliphatic carbocycles. The number of nitrogens with zero attached hydrogens (tertiary/aromatic N) is 2. The minimum atomic E-state index is -0.289. The van der Waals surface area contributed by atoms with Crippen molar-refractivity contribution in [3.63, 3.8) is 0 Å². The molecule has 130 heavy (non-hydrogen) atoms. The molecule has 1 saturated heterocycles. The van der Waals surface area contributed by atoms with Crippen molar-refractivity contribution in [1.82, 2.24) is 9.80 Å². The van der Waals surface area contributed by atoms with Gasteiger partial charge < -0.3 is 38.2 Å². The van der Waals surface area contributed by atoms with Crippen molar-refractivity contribution in [3.8, 4) is 0 Å². The van der Waals surface area contributed by atoms with E-state index in [0.717, 1.165) is 193 Å². The Balaban J connectivity index is 3.30. The normalized spacial score (nSPS) is 12.6. The number of esters is 6. The van der Waals surface area contributed by atoms with Crippen molar-refractivity contribution in [2.75, 3.05) is 39.3 Å². The largest absolute Gasteiger partial charge is 0.462 e. The number of rotatable bonds is 105. The summed E-state index contributed by atoms with van der Waals surface area (Å²) < 4.78 is 38.0. The smallest absolute Gasteiger partial charge is 0.306 e. The van der Waals surface area contributed by atoms with Crippen molar-refractivity contribution in [2.24, 2.45) is 0 Å². The van der Waals surface area contributed by atoms with Crippen molar-refractivity contribution in [3.05, 3.63) is 0 Å².